The van der Waals surface area contributed by atoms with Crippen LogP contribution in [0.5, 0.6) is 0 Å². The third-order valence-electron chi connectivity index (χ3n) is 10.4. The maximum absolute atomic E-state index is 12.9. The zero-order chi connectivity index (χ0) is 42.3. The summed E-state index contributed by atoms with van der Waals surface area (Å²) in [6.07, 6.45) is 22.4. The predicted octanol–water partition coefficient (Wildman–Crippen LogP) is 6.58. The number of carbonyl (C=O) groups excluding carboxylic acids is 1. The highest BCUT2D eigenvalue weighted by molar-refractivity contribution is 7.47. The number of phosphoric acid groups is 1. The van der Waals surface area contributed by atoms with Gasteiger partial charge in [-0.2, -0.15) is 0 Å². The van der Waals surface area contributed by atoms with E-state index >= 15 is 0 Å². The van der Waals surface area contributed by atoms with Crippen LogP contribution in [0, 0.1) is 0 Å². The molecule has 8 atom stereocenters. The van der Waals surface area contributed by atoms with Crippen LogP contribution in [0.3, 0.4) is 0 Å². The first kappa shape index (κ1) is 53.5. The maximum Gasteiger partial charge on any atom is 0.472 e. The Labute approximate surface area is 343 Å². The molecule has 1 aliphatic carbocycles. The minimum atomic E-state index is -5.15. The number of aliphatic hydroxyl groups is 7. The summed E-state index contributed by atoms with van der Waals surface area (Å²) in [5.74, 6) is -0.610. The van der Waals surface area contributed by atoms with Crippen molar-refractivity contribution >= 4 is 13.7 Å². The molecule has 0 spiro atoms. The van der Waals surface area contributed by atoms with Crippen LogP contribution in [0.15, 0.2) is 36.5 Å². The Bertz CT molecular complexity index is 1120. The molecule has 1 aliphatic rings. The van der Waals surface area contributed by atoms with Gasteiger partial charge in [0, 0.05) is 0 Å². The van der Waals surface area contributed by atoms with Gasteiger partial charge in [0.25, 0.3) is 0 Å². The van der Waals surface area contributed by atoms with E-state index in [9.17, 15) is 50.0 Å². The molecule has 0 heterocycles. The van der Waals surface area contributed by atoms with Crippen molar-refractivity contribution in [2.45, 2.75) is 223 Å². The molecule has 57 heavy (non-hydrogen) atoms. The molecule has 14 heteroatoms. The molecule has 1 amide bonds. The van der Waals surface area contributed by atoms with Gasteiger partial charge in [-0.25, -0.2) is 4.57 Å². The molecule has 9 N–H and O–H groups in total. The van der Waals surface area contributed by atoms with Gasteiger partial charge in [0.15, 0.2) is 0 Å². The molecule has 0 aromatic rings. The molecular formula is C43H80NO12P. The van der Waals surface area contributed by atoms with E-state index < -0.39 is 75.2 Å². The van der Waals surface area contributed by atoms with E-state index in [1.165, 1.54) is 76.7 Å². The van der Waals surface area contributed by atoms with Crippen LogP contribution >= 0.6 is 7.82 Å². The van der Waals surface area contributed by atoms with Gasteiger partial charge >= 0.3 is 7.82 Å². The molecule has 1 saturated carbocycles. The SMILES string of the molecule is CCCCCC/C=C\CCCCCCCC(O)CC(=O)NC(COP(=O)(O)OC1C(O)C(O)C(O)C(O)C1O)C(O)/C=C/CC/C=C/CCCCCCCCCC. The molecule has 8 unspecified atom stereocenters. The van der Waals surface area contributed by atoms with Gasteiger partial charge in [-0.15, -0.1) is 0 Å². The van der Waals surface area contributed by atoms with Gasteiger partial charge in [-0.1, -0.05) is 140 Å². The zero-order valence-electron chi connectivity index (χ0n) is 35.0. The van der Waals surface area contributed by atoms with E-state index in [-0.39, 0.29) is 6.42 Å². The molecule has 0 bridgehead atoms. The first-order chi connectivity index (χ1) is 27.3. The standard InChI is InChI=1S/C43H80NO12P/c1-3-5-7-9-11-13-15-17-19-21-23-25-27-29-31-36(46)35(33-55-57(53,54)56-43-41(51)39(49)38(48)40(50)42(43)52)44-37(47)32-34(45)30-28-26-24-22-20-18-16-14-12-10-8-6-4-2/h14,16,21,23,29,31,34-36,38-43,45-46,48-52H,3-13,15,17-20,22,24-28,30,32-33H2,1-2H3,(H,44,47)(H,53,54)/b16-14-,23-21+,31-29+. The topological polar surface area (TPSA) is 226 Å². The third kappa shape index (κ3) is 25.7. The van der Waals surface area contributed by atoms with Crippen molar-refractivity contribution in [2.24, 2.45) is 0 Å². The summed E-state index contributed by atoms with van der Waals surface area (Å²) in [5.41, 5.74) is 0. The molecule has 13 nitrogen and oxygen atoms in total. The van der Waals surface area contributed by atoms with Crippen LogP contribution in [0.4, 0.5) is 0 Å². The monoisotopic (exact) mass is 834 g/mol. The molecule has 0 radical (unpaired) electrons. The largest absolute Gasteiger partial charge is 0.472 e. The van der Waals surface area contributed by atoms with E-state index in [1.807, 2.05) is 0 Å². The number of phosphoric ester groups is 1. The Morgan fingerprint density at radius 3 is 1.56 bits per heavy atom. The first-order valence-electron chi connectivity index (χ1n) is 22.0. The summed E-state index contributed by atoms with van der Waals surface area (Å²) in [7, 11) is -5.15. The summed E-state index contributed by atoms with van der Waals surface area (Å²) in [4.78, 5) is 23.4. The Hall–Kier alpha value is -1.48. The van der Waals surface area contributed by atoms with Crippen molar-refractivity contribution in [3.05, 3.63) is 36.5 Å². The van der Waals surface area contributed by atoms with E-state index in [4.69, 9.17) is 9.05 Å². The summed E-state index contributed by atoms with van der Waals surface area (Å²) in [5, 5.41) is 74.2. The molecule has 334 valence electrons. The van der Waals surface area contributed by atoms with Gasteiger partial charge in [-0.3, -0.25) is 13.8 Å². The normalized spacial score (nSPS) is 24.3. The Balaban J connectivity index is 2.63. The van der Waals surface area contributed by atoms with Crippen molar-refractivity contribution < 1.29 is 59.0 Å². The van der Waals surface area contributed by atoms with Crippen molar-refractivity contribution in [3.8, 4) is 0 Å². The van der Waals surface area contributed by atoms with Crippen molar-refractivity contribution in [1.82, 2.24) is 5.32 Å². The van der Waals surface area contributed by atoms with Crippen LogP contribution < -0.4 is 5.32 Å². The number of aliphatic hydroxyl groups excluding tert-OH is 7. The number of amides is 1. The van der Waals surface area contributed by atoms with Crippen molar-refractivity contribution in [2.75, 3.05) is 6.61 Å². The lowest BCUT2D eigenvalue weighted by atomic mass is 9.85. The fourth-order valence-electron chi connectivity index (χ4n) is 6.78. The number of hydrogen-bond acceptors (Lipinski definition) is 11. The van der Waals surface area contributed by atoms with Crippen molar-refractivity contribution in [3.63, 3.8) is 0 Å². The summed E-state index contributed by atoms with van der Waals surface area (Å²) < 4.78 is 22.8. The van der Waals surface area contributed by atoms with E-state index in [1.54, 1.807) is 6.08 Å². The highest BCUT2D eigenvalue weighted by atomic mass is 31.2. The summed E-state index contributed by atoms with van der Waals surface area (Å²) >= 11 is 0. The second-order valence-corrected chi connectivity index (χ2v) is 17.1. The smallest absolute Gasteiger partial charge is 0.393 e. The second kappa shape index (κ2) is 33.3. The quantitative estimate of drug-likeness (QED) is 0.0187. The van der Waals surface area contributed by atoms with Gasteiger partial charge < -0.3 is 46.0 Å². The summed E-state index contributed by atoms with van der Waals surface area (Å²) in [6.45, 7) is 3.68. The number of nitrogens with one attached hydrogen (secondary N) is 1. The molecule has 0 saturated heterocycles. The number of hydrogen-bond donors (Lipinski definition) is 9. The Morgan fingerprint density at radius 2 is 1.04 bits per heavy atom. The maximum atomic E-state index is 12.9. The van der Waals surface area contributed by atoms with Crippen LogP contribution in [0.25, 0.3) is 0 Å². The third-order valence-corrected chi connectivity index (χ3v) is 11.4. The lowest BCUT2D eigenvalue weighted by Gasteiger charge is -2.41. The molecule has 0 aromatic heterocycles. The molecule has 1 fully saturated rings. The van der Waals surface area contributed by atoms with Crippen LogP contribution in [-0.4, -0.2) is 108 Å². The highest BCUT2D eigenvalue weighted by Crippen LogP contribution is 2.47. The van der Waals surface area contributed by atoms with Gasteiger partial charge in [0.2, 0.25) is 5.91 Å². The Kier molecular flexibility index (Phi) is 31.2. The number of allylic oxidation sites excluding steroid dienone is 5. The molecule has 0 aromatic carbocycles. The average Bonchev–Trinajstić information content (AvgIpc) is 3.18. The fraction of sp³-hybridized carbons (Fsp3) is 0.837. The molecular weight excluding hydrogens is 753 g/mol. The minimum absolute atomic E-state index is 0.258. The number of rotatable bonds is 35. The van der Waals surface area contributed by atoms with E-state index in [2.05, 4.69) is 43.5 Å². The van der Waals surface area contributed by atoms with Crippen LogP contribution in [0.1, 0.15) is 168 Å². The van der Waals surface area contributed by atoms with Gasteiger partial charge in [-0.05, 0) is 57.8 Å². The zero-order valence-corrected chi connectivity index (χ0v) is 35.9. The number of carbonyl (C=O) groups is 1. The Morgan fingerprint density at radius 1 is 0.614 bits per heavy atom. The summed E-state index contributed by atoms with van der Waals surface area (Å²) in [6, 6.07) is -1.26. The minimum Gasteiger partial charge on any atom is -0.393 e. The van der Waals surface area contributed by atoms with Crippen LogP contribution in [0.2, 0.25) is 0 Å². The predicted molar refractivity (Wildman–Crippen MR) is 224 cm³/mol. The van der Waals surface area contributed by atoms with Crippen LogP contribution in [-0.2, 0) is 18.4 Å². The lowest BCUT2D eigenvalue weighted by molar-refractivity contribution is -0.220. The van der Waals surface area contributed by atoms with Crippen molar-refractivity contribution in [1.29, 1.82) is 0 Å². The molecule has 0 aliphatic heterocycles. The number of unbranched alkanes of at least 4 members (excludes halogenated alkanes) is 18. The van der Waals surface area contributed by atoms with Gasteiger partial charge in [0.1, 0.15) is 36.6 Å². The van der Waals surface area contributed by atoms with E-state index in [0.29, 0.717) is 12.8 Å². The fourth-order valence-corrected chi connectivity index (χ4v) is 7.75. The lowest BCUT2D eigenvalue weighted by Crippen LogP contribution is -2.64. The van der Waals surface area contributed by atoms with E-state index in [0.717, 1.165) is 64.2 Å². The molecule has 1 rings (SSSR count). The second-order valence-electron chi connectivity index (χ2n) is 15.7. The first-order valence-corrected chi connectivity index (χ1v) is 23.5. The van der Waals surface area contributed by atoms with Gasteiger partial charge in [0.05, 0.1) is 31.3 Å². The highest BCUT2D eigenvalue weighted by Gasteiger charge is 2.51. The average molecular weight is 834 g/mol.